The average molecular weight is 622 g/mol. The third kappa shape index (κ3) is 9.25. The van der Waals surface area contributed by atoms with E-state index in [0.29, 0.717) is 36.7 Å². The van der Waals surface area contributed by atoms with Crippen LogP contribution in [0.2, 0.25) is 0 Å². The lowest BCUT2D eigenvalue weighted by Gasteiger charge is -2.26. The number of benzene rings is 2. The Bertz CT molecular complexity index is 1480. The number of aliphatic hydroxyl groups excluding tert-OH is 1. The maximum absolute atomic E-state index is 13.5. The number of hydrogen-bond acceptors (Lipinski definition) is 9. The first-order valence-corrected chi connectivity index (χ1v) is 14.7. The number of nitrogens with one attached hydrogen (secondary N) is 3. The number of ether oxygens (including phenoxy) is 2. The lowest BCUT2D eigenvalue weighted by Crippen LogP contribution is -2.58. The van der Waals surface area contributed by atoms with Crippen LogP contribution >= 0.6 is 0 Å². The monoisotopic (exact) mass is 621 g/mol. The van der Waals surface area contributed by atoms with Crippen molar-refractivity contribution in [2.45, 2.75) is 51.4 Å². The highest BCUT2D eigenvalue weighted by atomic mass is 16.5. The van der Waals surface area contributed by atoms with Gasteiger partial charge in [0.15, 0.2) is 11.5 Å². The summed E-state index contributed by atoms with van der Waals surface area (Å²) in [5.41, 5.74) is 1.68. The minimum Gasteiger partial charge on any atom is -0.493 e. The van der Waals surface area contributed by atoms with Crippen molar-refractivity contribution in [1.82, 2.24) is 35.8 Å². The van der Waals surface area contributed by atoms with Gasteiger partial charge in [-0.05, 0) is 30.7 Å². The number of carbonyl (C=O) groups is 4. The van der Waals surface area contributed by atoms with E-state index in [-0.39, 0.29) is 37.6 Å². The first-order chi connectivity index (χ1) is 21.6. The van der Waals surface area contributed by atoms with Crippen molar-refractivity contribution < 1.29 is 33.8 Å². The molecule has 0 fully saturated rings. The predicted molar refractivity (Wildman–Crippen MR) is 162 cm³/mol. The average Bonchev–Trinajstić information content (AvgIpc) is 3.48. The van der Waals surface area contributed by atoms with Crippen LogP contribution in [0.25, 0.3) is 0 Å². The smallest absolute Gasteiger partial charge is 0.252 e. The lowest BCUT2D eigenvalue weighted by atomic mass is 10.0. The molecule has 2 aliphatic heterocycles. The SMILES string of the molecule is COc1cc2ccc1OCCn1cc(nn1)CCN(C(C)=O)CCNC(=O)[C@H]([C@@H](C)O)NC(=O)[C@@H](Cc1ccccc1)NC2=O. The van der Waals surface area contributed by atoms with E-state index in [1.165, 1.54) is 27.0 Å². The van der Waals surface area contributed by atoms with Gasteiger partial charge in [-0.15, -0.1) is 5.10 Å². The summed E-state index contributed by atoms with van der Waals surface area (Å²) in [6, 6.07) is 11.4. The summed E-state index contributed by atoms with van der Waals surface area (Å²) in [6.07, 6.45) is 1.09. The van der Waals surface area contributed by atoms with Gasteiger partial charge in [0.25, 0.3) is 5.91 Å². The summed E-state index contributed by atoms with van der Waals surface area (Å²) in [4.78, 5) is 53.9. The number of aliphatic hydroxyl groups is 1. The van der Waals surface area contributed by atoms with Crippen LogP contribution in [0, 0.1) is 0 Å². The van der Waals surface area contributed by atoms with Crippen LogP contribution in [0.4, 0.5) is 0 Å². The zero-order valence-corrected chi connectivity index (χ0v) is 25.6. The van der Waals surface area contributed by atoms with Crippen LogP contribution in [-0.2, 0) is 33.8 Å². The molecule has 45 heavy (non-hydrogen) atoms. The molecule has 0 unspecified atom stereocenters. The predicted octanol–water partition coefficient (Wildman–Crippen LogP) is 0.0932. The molecule has 2 aliphatic rings. The molecule has 1 aromatic heterocycles. The fourth-order valence-corrected chi connectivity index (χ4v) is 4.80. The molecule has 3 aromatic rings. The molecule has 0 spiro atoms. The summed E-state index contributed by atoms with van der Waals surface area (Å²) < 4.78 is 13.0. The number of hydrogen-bond donors (Lipinski definition) is 4. The standard InChI is InChI=1S/C31H39N7O7/c1-20(39)28-31(43)32-12-14-37(21(2)40)13-11-24-19-38(36-35-24)15-16-45-26-10-9-23(18-27(26)44-3)29(41)33-25(30(42)34-28)17-22-7-5-4-6-8-22/h4-10,18-20,25,28,39H,11-17H2,1-3H3,(H,32,43)(H,33,41)(H,34,42)/t20-,25-,28+/m1/s1. The van der Waals surface area contributed by atoms with Crippen LogP contribution in [0.15, 0.2) is 54.7 Å². The summed E-state index contributed by atoms with van der Waals surface area (Å²) in [5.74, 6) is -1.29. The zero-order chi connectivity index (χ0) is 32.3. The van der Waals surface area contributed by atoms with Gasteiger partial charge >= 0.3 is 0 Å². The Hall–Kier alpha value is -4.98. The van der Waals surface area contributed by atoms with Crippen molar-refractivity contribution in [3.63, 3.8) is 0 Å². The van der Waals surface area contributed by atoms with Gasteiger partial charge in [0.2, 0.25) is 17.7 Å². The zero-order valence-electron chi connectivity index (χ0n) is 25.6. The maximum Gasteiger partial charge on any atom is 0.252 e. The first kappa shape index (κ1) is 32.9. The molecule has 3 atom stereocenters. The normalized spacial score (nSPS) is 19.5. The Morgan fingerprint density at radius 1 is 1.09 bits per heavy atom. The van der Waals surface area contributed by atoms with Gasteiger partial charge in [0.05, 0.1) is 25.5 Å². The van der Waals surface area contributed by atoms with E-state index in [4.69, 9.17) is 9.47 Å². The van der Waals surface area contributed by atoms with Crippen LogP contribution in [0.5, 0.6) is 11.5 Å². The molecule has 4 bridgehead atoms. The molecule has 4 amide bonds. The van der Waals surface area contributed by atoms with E-state index >= 15 is 0 Å². The molecule has 0 saturated heterocycles. The summed E-state index contributed by atoms with van der Waals surface area (Å²) in [7, 11) is 1.46. The van der Waals surface area contributed by atoms with E-state index in [1.54, 1.807) is 27.9 Å². The minimum absolute atomic E-state index is 0.0867. The van der Waals surface area contributed by atoms with Crippen LogP contribution < -0.4 is 25.4 Å². The van der Waals surface area contributed by atoms with E-state index < -0.39 is 35.9 Å². The molecule has 4 N–H and O–H groups in total. The quantitative estimate of drug-likeness (QED) is 0.294. The molecular formula is C31H39N7O7. The largest absolute Gasteiger partial charge is 0.493 e. The second kappa shape index (κ2) is 15.7. The maximum atomic E-state index is 13.5. The summed E-state index contributed by atoms with van der Waals surface area (Å²) >= 11 is 0. The van der Waals surface area contributed by atoms with Crippen LogP contribution in [-0.4, -0.2) is 100 Å². The molecule has 5 rings (SSSR count). The molecule has 240 valence electrons. The van der Waals surface area contributed by atoms with Gasteiger partial charge in [-0.1, -0.05) is 35.5 Å². The summed E-state index contributed by atoms with van der Waals surface area (Å²) in [5, 5.41) is 26.8. The number of amides is 4. The second-order valence-electron chi connectivity index (χ2n) is 10.7. The fraction of sp³-hybridized carbons (Fsp3) is 0.419. The number of methoxy groups -OCH3 is 1. The highest BCUT2D eigenvalue weighted by Gasteiger charge is 2.30. The minimum atomic E-state index is -1.31. The van der Waals surface area contributed by atoms with Crippen molar-refractivity contribution in [3.05, 3.63) is 71.5 Å². The van der Waals surface area contributed by atoms with Crippen molar-refractivity contribution >= 4 is 23.6 Å². The Balaban J connectivity index is 1.62. The third-order valence-electron chi connectivity index (χ3n) is 7.32. The third-order valence-corrected chi connectivity index (χ3v) is 7.32. The molecule has 0 saturated carbocycles. The highest BCUT2D eigenvalue weighted by Crippen LogP contribution is 2.28. The van der Waals surface area contributed by atoms with Gasteiger partial charge in [0.1, 0.15) is 18.7 Å². The van der Waals surface area contributed by atoms with Crippen LogP contribution in [0.3, 0.4) is 0 Å². The van der Waals surface area contributed by atoms with E-state index in [9.17, 15) is 24.3 Å². The van der Waals surface area contributed by atoms with Crippen molar-refractivity contribution in [2.75, 3.05) is 33.4 Å². The van der Waals surface area contributed by atoms with Gasteiger partial charge in [-0.2, -0.15) is 0 Å². The van der Waals surface area contributed by atoms with Crippen molar-refractivity contribution in [1.29, 1.82) is 0 Å². The topological polar surface area (TPSA) is 177 Å². The molecule has 3 heterocycles. The van der Waals surface area contributed by atoms with Gasteiger partial charge in [-0.3, -0.25) is 19.2 Å². The Labute approximate surface area is 261 Å². The number of fused-ring (bicyclic) bond motifs is 16. The molecule has 0 radical (unpaired) electrons. The fourth-order valence-electron chi connectivity index (χ4n) is 4.80. The molecular weight excluding hydrogens is 582 g/mol. The summed E-state index contributed by atoms with van der Waals surface area (Å²) in [6.45, 7) is 4.09. The second-order valence-corrected chi connectivity index (χ2v) is 10.7. The Morgan fingerprint density at radius 2 is 1.87 bits per heavy atom. The molecule has 0 aliphatic carbocycles. The first-order valence-electron chi connectivity index (χ1n) is 14.7. The lowest BCUT2D eigenvalue weighted by molar-refractivity contribution is -0.133. The number of nitrogens with zero attached hydrogens (tertiary/aromatic N) is 4. The number of aromatic nitrogens is 3. The highest BCUT2D eigenvalue weighted by molar-refractivity contribution is 5.99. The molecule has 14 heteroatoms. The molecule has 14 nitrogen and oxygen atoms in total. The molecule has 2 aromatic carbocycles. The van der Waals surface area contributed by atoms with Crippen molar-refractivity contribution in [2.24, 2.45) is 0 Å². The number of carbonyl (C=O) groups excluding carboxylic acids is 4. The van der Waals surface area contributed by atoms with Gasteiger partial charge < -0.3 is 35.4 Å². The Kier molecular flexibility index (Phi) is 11.5. The van der Waals surface area contributed by atoms with E-state index in [2.05, 4.69) is 26.3 Å². The van der Waals surface area contributed by atoms with Crippen LogP contribution in [0.1, 0.15) is 35.5 Å². The van der Waals surface area contributed by atoms with Crippen molar-refractivity contribution in [3.8, 4) is 11.5 Å². The number of rotatable bonds is 4. The van der Waals surface area contributed by atoms with Gasteiger partial charge in [0, 0.05) is 51.2 Å². The Morgan fingerprint density at radius 3 is 2.58 bits per heavy atom. The van der Waals surface area contributed by atoms with E-state index in [1.807, 2.05) is 30.3 Å². The van der Waals surface area contributed by atoms with Gasteiger partial charge in [-0.25, -0.2) is 4.68 Å². The van der Waals surface area contributed by atoms with E-state index in [0.717, 1.165) is 5.56 Å².